The van der Waals surface area contributed by atoms with Crippen molar-refractivity contribution >= 4 is 5.97 Å². The predicted molar refractivity (Wildman–Crippen MR) is 196 cm³/mol. The molecule has 4 heteroatoms. The monoisotopic (exact) mass is 623 g/mol. The fourth-order valence-corrected chi connectivity index (χ4v) is 6.24. The normalized spacial score (nSPS) is 11.7. The number of nitrogens with zero attached hydrogens (tertiary/aromatic N) is 2. The van der Waals surface area contributed by atoms with Crippen LogP contribution < -0.4 is 0 Å². The first-order valence-corrected chi connectivity index (χ1v) is 20.3. The molecule has 0 aromatic carbocycles. The van der Waals surface area contributed by atoms with Crippen LogP contribution in [0, 0.1) is 0 Å². The van der Waals surface area contributed by atoms with E-state index in [1.165, 1.54) is 186 Å². The van der Waals surface area contributed by atoms with Gasteiger partial charge in [0.15, 0.2) is 0 Å². The molecular weight excluding hydrogens is 540 g/mol. The molecule has 0 radical (unpaired) electrons. The van der Waals surface area contributed by atoms with Crippen molar-refractivity contribution in [2.75, 3.05) is 45.9 Å². The molecule has 0 saturated carbocycles. The summed E-state index contributed by atoms with van der Waals surface area (Å²) in [5.74, 6) is -0.00960. The average molecular weight is 623 g/mol. The van der Waals surface area contributed by atoms with E-state index in [0.717, 1.165) is 26.1 Å². The first-order valence-electron chi connectivity index (χ1n) is 20.3. The second-order valence-electron chi connectivity index (χ2n) is 13.8. The standard InChI is InChI=1S/C40H82N2O2/c1-5-9-13-17-21-25-29-33-41(34-30-26-22-18-14-10-6-2)36-37-42(35-31-27-23-19-15-11-7-3)39-40(43)44-38-32-28-24-20-16-12-8-4/h5-39H2,1-4H3. The Balaban J connectivity index is 4.73. The molecule has 0 rings (SSSR count). The first-order chi connectivity index (χ1) is 21.7. The Morgan fingerprint density at radius 1 is 0.364 bits per heavy atom. The largest absolute Gasteiger partial charge is 0.465 e. The number of carbonyl (C=O) groups excluding carboxylic acids is 1. The van der Waals surface area contributed by atoms with Gasteiger partial charge < -0.3 is 9.64 Å². The van der Waals surface area contributed by atoms with Gasteiger partial charge in [-0.25, -0.2) is 0 Å². The minimum atomic E-state index is -0.00960. The quantitative estimate of drug-likeness (QED) is 0.0510. The molecule has 0 heterocycles. The Morgan fingerprint density at radius 2 is 0.659 bits per heavy atom. The maximum atomic E-state index is 12.8. The van der Waals surface area contributed by atoms with Crippen LogP contribution in [-0.4, -0.2) is 61.6 Å². The maximum absolute atomic E-state index is 12.8. The molecule has 0 atom stereocenters. The minimum absolute atomic E-state index is 0.00960. The molecule has 0 aliphatic heterocycles. The molecule has 0 bridgehead atoms. The van der Waals surface area contributed by atoms with Gasteiger partial charge in [-0.15, -0.1) is 0 Å². The zero-order chi connectivity index (χ0) is 32.2. The third-order valence-corrected chi connectivity index (χ3v) is 9.33. The van der Waals surface area contributed by atoms with Gasteiger partial charge in [-0.05, 0) is 45.3 Å². The molecular formula is C40H82N2O2. The fraction of sp³-hybridized carbons (Fsp3) is 0.975. The molecule has 0 aliphatic rings. The Morgan fingerprint density at radius 3 is 1.05 bits per heavy atom. The molecule has 0 saturated heterocycles. The van der Waals surface area contributed by atoms with Gasteiger partial charge in [0.05, 0.1) is 13.2 Å². The highest BCUT2D eigenvalue weighted by atomic mass is 16.5. The van der Waals surface area contributed by atoms with Gasteiger partial charge >= 0.3 is 5.97 Å². The van der Waals surface area contributed by atoms with E-state index in [1.54, 1.807) is 0 Å². The van der Waals surface area contributed by atoms with Gasteiger partial charge in [0.1, 0.15) is 0 Å². The molecule has 0 N–H and O–H groups in total. The Bertz CT molecular complexity index is 537. The second kappa shape index (κ2) is 36.9. The molecule has 0 spiro atoms. The molecule has 44 heavy (non-hydrogen) atoms. The van der Waals surface area contributed by atoms with Gasteiger partial charge in [0, 0.05) is 13.1 Å². The van der Waals surface area contributed by atoms with E-state index in [0.29, 0.717) is 13.2 Å². The van der Waals surface area contributed by atoms with Crippen molar-refractivity contribution in [3.8, 4) is 0 Å². The average Bonchev–Trinajstić information content (AvgIpc) is 3.02. The van der Waals surface area contributed by atoms with Crippen molar-refractivity contribution in [2.24, 2.45) is 0 Å². The summed E-state index contributed by atoms with van der Waals surface area (Å²) in [5.41, 5.74) is 0. The summed E-state index contributed by atoms with van der Waals surface area (Å²) in [6.45, 7) is 15.8. The summed E-state index contributed by atoms with van der Waals surface area (Å²) >= 11 is 0. The molecule has 4 nitrogen and oxygen atoms in total. The van der Waals surface area contributed by atoms with E-state index in [9.17, 15) is 4.79 Å². The van der Waals surface area contributed by atoms with E-state index < -0.39 is 0 Å². The van der Waals surface area contributed by atoms with Crippen molar-refractivity contribution in [1.82, 2.24) is 9.80 Å². The zero-order valence-electron chi connectivity index (χ0n) is 31.0. The smallest absolute Gasteiger partial charge is 0.320 e. The van der Waals surface area contributed by atoms with Gasteiger partial charge in [-0.2, -0.15) is 0 Å². The number of carbonyl (C=O) groups is 1. The van der Waals surface area contributed by atoms with Gasteiger partial charge in [-0.1, -0.05) is 182 Å². The van der Waals surface area contributed by atoms with Crippen LogP contribution in [0.15, 0.2) is 0 Å². The van der Waals surface area contributed by atoms with Crippen molar-refractivity contribution in [2.45, 2.75) is 207 Å². The molecule has 0 amide bonds. The maximum Gasteiger partial charge on any atom is 0.320 e. The number of unbranched alkanes of at least 4 members (excludes halogenated alkanes) is 24. The highest BCUT2D eigenvalue weighted by Crippen LogP contribution is 2.12. The number of ether oxygens (including phenoxy) is 1. The third-order valence-electron chi connectivity index (χ3n) is 9.33. The highest BCUT2D eigenvalue weighted by molar-refractivity contribution is 5.71. The SMILES string of the molecule is CCCCCCCCCOC(=O)CN(CCCCCCCCC)CCN(CCCCCCCCC)CCCCCCCCC. The van der Waals surface area contributed by atoms with Crippen LogP contribution in [0.3, 0.4) is 0 Å². The van der Waals surface area contributed by atoms with Crippen molar-refractivity contribution in [1.29, 1.82) is 0 Å². The molecule has 0 unspecified atom stereocenters. The van der Waals surface area contributed by atoms with Gasteiger partial charge in [0.2, 0.25) is 0 Å². The number of hydrogen-bond acceptors (Lipinski definition) is 4. The van der Waals surface area contributed by atoms with Crippen LogP contribution in [0.4, 0.5) is 0 Å². The Labute approximate surface area is 278 Å². The summed E-state index contributed by atoms with van der Waals surface area (Å²) in [7, 11) is 0. The van der Waals surface area contributed by atoms with Crippen molar-refractivity contribution in [3.63, 3.8) is 0 Å². The number of rotatable bonds is 37. The van der Waals surface area contributed by atoms with Crippen LogP contribution in [0.5, 0.6) is 0 Å². The van der Waals surface area contributed by atoms with E-state index in [-0.39, 0.29) is 5.97 Å². The topological polar surface area (TPSA) is 32.8 Å². The lowest BCUT2D eigenvalue weighted by Crippen LogP contribution is -2.39. The molecule has 0 aromatic heterocycles. The van der Waals surface area contributed by atoms with Gasteiger partial charge in [0.25, 0.3) is 0 Å². The van der Waals surface area contributed by atoms with E-state index in [2.05, 4.69) is 37.5 Å². The highest BCUT2D eigenvalue weighted by Gasteiger charge is 2.14. The number of esters is 1. The fourth-order valence-electron chi connectivity index (χ4n) is 6.24. The summed E-state index contributed by atoms with van der Waals surface area (Å²) in [4.78, 5) is 18.0. The zero-order valence-corrected chi connectivity index (χ0v) is 31.0. The lowest BCUT2D eigenvalue weighted by atomic mass is 10.1. The lowest BCUT2D eigenvalue weighted by molar-refractivity contribution is -0.145. The van der Waals surface area contributed by atoms with Gasteiger partial charge in [-0.3, -0.25) is 9.69 Å². The van der Waals surface area contributed by atoms with E-state index in [4.69, 9.17) is 4.74 Å². The summed E-state index contributed by atoms with van der Waals surface area (Å²) in [5, 5.41) is 0. The lowest BCUT2D eigenvalue weighted by Gasteiger charge is -2.27. The first kappa shape index (κ1) is 43.4. The molecule has 0 fully saturated rings. The molecule has 0 aromatic rings. The Hall–Kier alpha value is -0.610. The van der Waals surface area contributed by atoms with Crippen molar-refractivity contribution in [3.05, 3.63) is 0 Å². The molecule has 264 valence electrons. The van der Waals surface area contributed by atoms with E-state index in [1.807, 2.05) is 0 Å². The predicted octanol–water partition coefficient (Wildman–Crippen LogP) is 12.1. The minimum Gasteiger partial charge on any atom is -0.465 e. The van der Waals surface area contributed by atoms with Crippen LogP contribution in [0.25, 0.3) is 0 Å². The van der Waals surface area contributed by atoms with E-state index >= 15 is 0 Å². The molecule has 0 aliphatic carbocycles. The summed E-state index contributed by atoms with van der Waals surface area (Å²) < 4.78 is 5.72. The summed E-state index contributed by atoms with van der Waals surface area (Å²) in [6.07, 6.45) is 37.2. The summed E-state index contributed by atoms with van der Waals surface area (Å²) in [6, 6.07) is 0. The van der Waals surface area contributed by atoms with Crippen LogP contribution in [0.1, 0.15) is 207 Å². The van der Waals surface area contributed by atoms with Crippen molar-refractivity contribution < 1.29 is 9.53 Å². The Kier molecular flexibility index (Phi) is 36.3. The second-order valence-corrected chi connectivity index (χ2v) is 13.8. The van der Waals surface area contributed by atoms with Crippen LogP contribution in [0.2, 0.25) is 0 Å². The third kappa shape index (κ3) is 32.8. The number of hydrogen-bond donors (Lipinski definition) is 0. The van der Waals surface area contributed by atoms with Crippen LogP contribution in [-0.2, 0) is 9.53 Å². The van der Waals surface area contributed by atoms with Crippen LogP contribution >= 0.6 is 0 Å².